The average Bonchev–Trinajstić information content (AvgIpc) is 3.19. The molecule has 1 aliphatic heterocycles. The Balaban J connectivity index is 1.37. The standard InChI is InChI=1S/C23H18O4/c24-21(12-6-17-7-13-22-23(14-17)27-16-26-22)19-8-10-20(11-9-19)25-15-18-4-2-1-3-5-18/h1-14H,15-16H2. The number of fused-ring (bicyclic) bond motifs is 1. The van der Waals surface area contributed by atoms with E-state index in [0.29, 0.717) is 17.9 Å². The largest absolute Gasteiger partial charge is 0.489 e. The van der Waals surface area contributed by atoms with Crippen LogP contribution in [0.25, 0.3) is 6.08 Å². The third-order valence-electron chi connectivity index (χ3n) is 4.21. The highest BCUT2D eigenvalue weighted by molar-refractivity contribution is 6.06. The lowest BCUT2D eigenvalue weighted by molar-refractivity contribution is 0.104. The number of carbonyl (C=O) groups excluding carboxylic acids is 1. The van der Waals surface area contributed by atoms with Crippen LogP contribution in [0.15, 0.2) is 78.9 Å². The van der Waals surface area contributed by atoms with Gasteiger partial charge >= 0.3 is 0 Å². The highest BCUT2D eigenvalue weighted by Crippen LogP contribution is 2.32. The molecule has 0 spiro atoms. The minimum Gasteiger partial charge on any atom is -0.489 e. The number of allylic oxidation sites excluding steroid dienone is 1. The highest BCUT2D eigenvalue weighted by Gasteiger charge is 2.12. The van der Waals surface area contributed by atoms with Crippen molar-refractivity contribution in [2.24, 2.45) is 0 Å². The molecule has 134 valence electrons. The number of carbonyl (C=O) groups is 1. The first-order valence-corrected chi connectivity index (χ1v) is 8.67. The van der Waals surface area contributed by atoms with Crippen LogP contribution in [0.3, 0.4) is 0 Å². The average molecular weight is 358 g/mol. The summed E-state index contributed by atoms with van der Waals surface area (Å²) in [6.07, 6.45) is 3.32. The van der Waals surface area contributed by atoms with Crippen molar-refractivity contribution < 1.29 is 19.0 Å². The number of ketones is 1. The van der Waals surface area contributed by atoms with Crippen LogP contribution >= 0.6 is 0 Å². The summed E-state index contributed by atoms with van der Waals surface area (Å²) in [5.41, 5.74) is 2.60. The Kier molecular flexibility index (Phi) is 4.88. The SMILES string of the molecule is O=C(C=Cc1ccc2c(c1)OCO2)c1ccc(OCc2ccccc2)cc1. The summed E-state index contributed by atoms with van der Waals surface area (Å²) in [7, 11) is 0. The summed E-state index contributed by atoms with van der Waals surface area (Å²) in [6, 6.07) is 22.7. The molecule has 27 heavy (non-hydrogen) atoms. The molecule has 0 saturated carbocycles. The van der Waals surface area contributed by atoms with Gasteiger partial charge in [0.05, 0.1) is 0 Å². The first-order chi connectivity index (χ1) is 13.3. The fraction of sp³-hybridized carbons (Fsp3) is 0.0870. The van der Waals surface area contributed by atoms with E-state index < -0.39 is 0 Å². The van der Waals surface area contributed by atoms with Crippen molar-refractivity contribution in [2.75, 3.05) is 6.79 Å². The van der Waals surface area contributed by atoms with Gasteiger partial charge in [-0.1, -0.05) is 42.5 Å². The van der Waals surface area contributed by atoms with Crippen molar-refractivity contribution in [3.63, 3.8) is 0 Å². The van der Waals surface area contributed by atoms with Gasteiger partial charge < -0.3 is 14.2 Å². The van der Waals surface area contributed by atoms with Crippen LogP contribution in [-0.4, -0.2) is 12.6 Å². The first-order valence-electron chi connectivity index (χ1n) is 8.67. The molecule has 1 aliphatic rings. The third-order valence-corrected chi connectivity index (χ3v) is 4.21. The molecule has 0 atom stereocenters. The fourth-order valence-electron chi connectivity index (χ4n) is 2.74. The molecule has 0 N–H and O–H groups in total. The van der Waals surface area contributed by atoms with Crippen molar-refractivity contribution in [3.8, 4) is 17.2 Å². The lowest BCUT2D eigenvalue weighted by Crippen LogP contribution is -1.97. The maximum absolute atomic E-state index is 12.4. The van der Waals surface area contributed by atoms with Gasteiger partial charge in [-0.3, -0.25) is 4.79 Å². The van der Waals surface area contributed by atoms with Crippen LogP contribution in [0, 0.1) is 0 Å². The molecule has 0 radical (unpaired) electrons. The molecule has 0 bridgehead atoms. The van der Waals surface area contributed by atoms with Gasteiger partial charge in [-0.25, -0.2) is 0 Å². The Labute approximate surface area is 157 Å². The second kappa shape index (κ2) is 7.79. The summed E-state index contributed by atoms with van der Waals surface area (Å²) in [5, 5.41) is 0. The van der Waals surface area contributed by atoms with E-state index in [9.17, 15) is 4.79 Å². The highest BCUT2D eigenvalue weighted by atomic mass is 16.7. The maximum atomic E-state index is 12.4. The summed E-state index contributed by atoms with van der Waals surface area (Å²) in [6.45, 7) is 0.734. The van der Waals surface area contributed by atoms with E-state index in [4.69, 9.17) is 14.2 Å². The Hall–Kier alpha value is -3.53. The predicted molar refractivity (Wildman–Crippen MR) is 103 cm³/mol. The van der Waals surface area contributed by atoms with Gasteiger partial charge in [0.1, 0.15) is 12.4 Å². The van der Waals surface area contributed by atoms with E-state index in [1.54, 1.807) is 24.3 Å². The van der Waals surface area contributed by atoms with E-state index in [1.165, 1.54) is 0 Å². The number of ether oxygens (including phenoxy) is 3. The zero-order valence-corrected chi connectivity index (χ0v) is 14.6. The van der Waals surface area contributed by atoms with Crippen molar-refractivity contribution in [1.82, 2.24) is 0 Å². The van der Waals surface area contributed by atoms with E-state index in [2.05, 4.69) is 0 Å². The summed E-state index contributed by atoms with van der Waals surface area (Å²) in [5.74, 6) is 2.09. The Morgan fingerprint density at radius 1 is 0.926 bits per heavy atom. The van der Waals surface area contributed by atoms with Gasteiger partial charge in [0, 0.05) is 5.56 Å². The molecule has 0 saturated heterocycles. The van der Waals surface area contributed by atoms with Gasteiger partial charge in [0.15, 0.2) is 17.3 Å². The Morgan fingerprint density at radius 2 is 1.70 bits per heavy atom. The van der Waals surface area contributed by atoms with E-state index >= 15 is 0 Å². The first kappa shape index (κ1) is 16.9. The molecule has 4 nitrogen and oxygen atoms in total. The number of rotatable bonds is 6. The molecule has 3 aromatic carbocycles. The summed E-state index contributed by atoms with van der Waals surface area (Å²) >= 11 is 0. The fourth-order valence-corrected chi connectivity index (χ4v) is 2.74. The molecular weight excluding hydrogens is 340 g/mol. The molecule has 0 aromatic heterocycles. The molecule has 1 heterocycles. The van der Waals surface area contributed by atoms with Gasteiger partial charge in [-0.2, -0.15) is 0 Å². The van der Waals surface area contributed by atoms with Crippen LogP contribution in [0.4, 0.5) is 0 Å². The minimum absolute atomic E-state index is 0.0673. The number of benzene rings is 3. The molecule has 0 unspecified atom stereocenters. The van der Waals surface area contributed by atoms with Crippen LogP contribution in [0.1, 0.15) is 21.5 Å². The molecule has 0 amide bonds. The monoisotopic (exact) mass is 358 g/mol. The summed E-state index contributed by atoms with van der Waals surface area (Å²) in [4.78, 5) is 12.4. The predicted octanol–water partition coefficient (Wildman–Crippen LogP) is 4.89. The second-order valence-electron chi connectivity index (χ2n) is 6.11. The van der Waals surface area contributed by atoms with Crippen molar-refractivity contribution in [3.05, 3.63) is 95.6 Å². The topological polar surface area (TPSA) is 44.8 Å². The third kappa shape index (κ3) is 4.18. The van der Waals surface area contributed by atoms with Gasteiger partial charge in [-0.05, 0) is 53.6 Å². The van der Waals surface area contributed by atoms with Crippen LogP contribution in [-0.2, 0) is 6.61 Å². The molecule has 0 fully saturated rings. The lowest BCUT2D eigenvalue weighted by Gasteiger charge is -2.06. The van der Waals surface area contributed by atoms with Crippen LogP contribution < -0.4 is 14.2 Å². The molecule has 0 aliphatic carbocycles. The number of hydrogen-bond donors (Lipinski definition) is 0. The Morgan fingerprint density at radius 3 is 2.52 bits per heavy atom. The van der Waals surface area contributed by atoms with E-state index in [-0.39, 0.29) is 12.6 Å². The van der Waals surface area contributed by atoms with Crippen molar-refractivity contribution >= 4 is 11.9 Å². The number of hydrogen-bond acceptors (Lipinski definition) is 4. The lowest BCUT2D eigenvalue weighted by atomic mass is 10.1. The van der Waals surface area contributed by atoms with Crippen molar-refractivity contribution in [2.45, 2.75) is 6.61 Å². The van der Waals surface area contributed by atoms with Crippen molar-refractivity contribution in [1.29, 1.82) is 0 Å². The summed E-state index contributed by atoms with van der Waals surface area (Å²) < 4.78 is 16.4. The molecule has 4 heteroatoms. The maximum Gasteiger partial charge on any atom is 0.231 e. The van der Waals surface area contributed by atoms with Crippen LogP contribution in [0.2, 0.25) is 0 Å². The van der Waals surface area contributed by atoms with Crippen LogP contribution in [0.5, 0.6) is 17.2 Å². The van der Waals surface area contributed by atoms with E-state index in [1.807, 2.05) is 60.7 Å². The molecular formula is C23H18O4. The molecule has 4 rings (SSSR count). The second-order valence-corrected chi connectivity index (χ2v) is 6.11. The van der Waals surface area contributed by atoms with E-state index in [0.717, 1.165) is 22.6 Å². The zero-order chi connectivity index (χ0) is 18.5. The van der Waals surface area contributed by atoms with Gasteiger partial charge in [0.25, 0.3) is 0 Å². The minimum atomic E-state index is -0.0673. The van der Waals surface area contributed by atoms with Gasteiger partial charge in [-0.15, -0.1) is 0 Å². The van der Waals surface area contributed by atoms with Gasteiger partial charge in [0.2, 0.25) is 6.79 Å². The quantitative estimate of drug-likeness (QED) is 0.465. The normalized spacial score (nSPS) is 12.3. The Bertz CT molecular complexity index is 959. The smallest absolute Gasteiger partial charge is 0.231 e. The molecule has 3 aromatic rings. The zero-order valence-electron chi connectivity index (χ0n) is 14.6.